The van der Waals surface area contributed by atoms with Crippen molar-refractivity contribution in [1.82, 2.24) is 9.99 Å². The third kappa shape index (κ3) is 4.21. The summed E-state index contributed by atoms with van der Waals surface area (Å²) in [5, 5.41) is 26.3. The number of carbonyl (C=O) groups is 1. The third-order valence-corrected chi connectivity index (χ3v) is 7.16. The highest BCUT2D eigenvalue weighted by atomic mass is 32.1. The second-order valence-corrected chi connectivity index (χ2v) is 9.24. The number of nitrogens with one attached hydrogen (secondary N) is 1. The molecule has 0 saturated heterocycles. The zero-order valence-corrected chi connectivity index (χ0v) is 20.0. The van der Waals surface area contributed by atoms with E-state index in [1.165, 1.54) is 23.5 Å². The number of fused-ring (bicyclic) bond motifs is 2. The average molecular weight is 494 g/mol. The Morgan fingerprint density at radius 1 is 1.17 bits per heavy atom. The minimum atomic E-state index is -0.459. The van der Waals surface area contributed by atoms with Crippen molar-refractivity contribution in [2.24, 2.45) is 5.10 Å². The van der Waals surface area contributed by atoms with Crippen molar-refractivity contribution in [2.75, 3.05) is 0 Å². The molecule has 0 radical (unpaired) electrons. The number of nitro benzene ring substituents is 1. The number of para-hydroxylation sites is 1. The summed E-state index contributed by atoms with van der Waals surface area (Å²) in [4.78, 5) is 23.7. The standard InChI is InChI=1S/C27H19N5O3S/c1-17-23(15-29-30-27(33)26-13-20-12-21(32(34)35)10-11-25(20)36-26)22-8-4-5-9-24(22)31(17)16-19-7-3-2-6-18(19)14-28/h2-13,15H,16H2,1H3,(H,30,33)/b29-15-. The molecule has 5 rings (SSSR count). The Balaban J connectivity index is 1.42. The number of nitro groups is 1. The van der Waals surface area contributed by atoms with Crippen LogP contribution in [0.5, 0.6) is 0 Å². The molecule has 1 N–H and O–H groups in total. The summed E-state index contributed by atoms with van der Waals surface area (Å²) in [7, 11) is 0. The first-order chi connectivity index (χ1) is 17.5. The minimum Gasteiger partial charge on any atom is -0.340 e. The first-order valence-electron chi connectivity index (χ1n) is 11.0. The molecule has 0 saturated carbocycles. The van der Waals surface area contributed by atoms with Gasteiger partial charge in [0.15, 0.2) is 0 Å². The van der Waals surface area contributed by atoms with Gasteiger partial charge >= 0.3 is 0 Å². The maximum absolute atomic E-state index is 12.7. The number of nitrogens with zero attached hydrogens (tertiary/aromatic N) is 4. The Morgan fingerprint density at radius 3 is 2.75 bits per heavy atom. The summed E-state index contributed by atoms with van der Waals surface area (Å²) >= 11 is 1.25. The number of nitriles is 1. The van der Waals surface area contributed by atoms with Crippen LogP contribution >= 0.6 is 11.3 Å². The molecule has 0 aliphatic carbocycles. The third-order valence-electron chi connectivity index (χ3n) is 6.04. The van der Waals surface area contributed by atoms with Crippen LogP contribution in [0.25, 0.3) is 21.0 Å². The van der Waals surface area contributed by atoms with E-state index in [0.29, 0.717) is 22.4 Å². The van der Waals surface area contributed by atoms with E-state index in [4.69, 9.17) is 0 Å². The zero-order chi connectivity index (χ0) is 25.2. The topological polar surface area (TPSA) is 113 Å². The fraction of sp³-hybridized carbons (Fsp3) is 0.0741. The molecule has 0 atom stereocenters. The average Bonchev–Trinajstić information content (AvgIpc) is 3.43. The molecule has 36 heavy (non-hydrogen) atoms. The number of benzene rings is 3. The highest BCUT2D eigenvalue weighted by Gasteiger charge is 2.15. The molecule has 2 heterocycles. The first-order valence-corrected chi connectivity index (χ1v) is 11.8. The lowest BCUT2D eigenvalue weighted by molar-refractivity contribution is -0.384. The number of rotatable bonds is 6. The number of thiophene rings is 1. The molecule has 0 aliphatic heterocycles. The van der Waals surface area contributed by atoms with Crippen LogP contribution in [-0.2, 0) is 6.54 Å². The molecule has 0 bridgehead atoms. The number of amides is 1. The number of non-ortho nitro benzene ring substituents is 1. The van der Waals surface area contributed by atoms with Crippen molar-refractivity contribution in [3.63, 3.8) is 0 Å². The molecule has 1 amide bonds. The molecule has 0 spiro atoms. The van der Waals surface area contributed by atoms with Crippen LogP contribution in [0, 0.1) is 28.4 Å². The van der Waals surface area contributed by atoms with E-state index in [0.717, 1.165) is 32.4 Å². The lowest BCUT2D eigenvalue weighted by atomic mass is 10.1. The van der Waals surface area contributed by atoms with E-state index >= 15 is 0 Å². The molecule has 0 aliphatic rings. The van der Waals surface area contributed by atoms with Crippen molar-refractivity contribution >= 4 is 50.1 Å². The fourth-order valence-electron chi connectivity index (χ4n) is 4.23. The SMILES string of the molecule is Cc1c(/C=N\NC(=O)c2cc3cc([N+](=O)[O-])ccc3s2)c2ccccc2n1Cc1ccccc1C#N. The van der Waals surface area contributed by atoms with Crippen molar-refractivity contribution < 1.29 is 9.72 Å². The normalized spacial score (nSPS) is 11.2. The number of carbonyl (C=O) groups excluding carboxylic acids is 1. The van der Waals surface area contributed by atoms with Crippen LogP contribution in [-0.4, -0.2) is 21.6 Å². The predicted molar refractivity (Wildman–Crippen MR) is 140 cm³/mol. The molecular weight excluding hydrogens is 474 g/mol. The number of hydrazone groups is 1. The molecule has 0 fully saturated rings. The van der Waals surface area contributed by atoms with Gasteiger partial charge in [0.2, 0.25) is 0 Å². The molecule has 176 valence electrons. The van der Waals surface area contributed by atoms with Gasteiger partial charge in [-0.2, -0.15) is 10.4 Å². The van der Waals surface area contributed by atoms with Crippen LogP contribution in [0.15, 0.2) is 77.9 Å². The summed E-state index contributed by atoms with van der Waals surface area (Å²) in [6.07, 6.45) is 1.63. The van der Waals surface area contributed by atoms with Crippen LogP contribution in [0.1, 0.15) is 32.1 Å². The molecule has 0 unspecified atom stereocenters. The van der Waals surface area contributed by atoms with Crippen LogP contribution in [0.4, 0.5) is 5.69 Å². The monoisotopic (exact) mass is 493 g/mol. The number of aromatic nitrogens is 1. The van der Waals surface area contributed by atoms with Gasteiger partial charge in [0, 0.05) is 50.9 Å². The maximum Gasteiger partial charge on any atom is 0.281 e. The van der Waals surface area contributed by atoms with Crippen LogP contribution in [0.2, 0.25) is 0 Å². The van der Waals surface area contributed by atoms with Crippen LogP contribution < -0.4 is 5.43 Å². The van der Waals surface area contributed by atoms with Gasteiger partial charge in [0.05, 0.1) is 27.6 Å². The summed E-state index contributed by atoms with van der Waals surface area (Å²) in [6, 6.07) is 23.8. The molecule has 9 heteroatoms. The molecule has 8 nitrogen and oxygen atoms in total. The number of hydrogen-bond acceptors (Lipinski definition) is 6. The van der Waals surface area contributed by atoms with Gasteiger partial charge in [-0.05, 0) is 36.8 Å². The maximum atomic E-state index is 12.7. The second-order valence-electron chi connectivity index (χ2n) is 8.16. The lowest BCUT2D eigenvalue weighted by Crippen LogP contribution is -2.16. The Labute approximate surface area is 209 Å². The molecule has 3 aromatic carbocycles. The predicted octanol–water partition coefficient (Wildman–Crippen LogP) is 5.76. The summed E-state index contributed by atoms with van der Waals surface area (Å²) in [5.41, 5.74) is 6.93. The first kappa shape index (κ1) is 23.0. The molecule has 5 aromatic rings. The Morgan fingerprint density at radius 2 is 1.94 bits per heavy atom. The van der Waals surface area contributed by atoms with E-state index < -0.39 is 4.92 Å². The lowest BCUT2D eigenvalue weighted by Gasteiger charge is -2.10. The van der Waals surface area contributed by atoms with Crippen molar-refractivity contribution in [1.29, 1.82) is 5.26 Å². The highest BCUT2D eigenvalue weighted by Crippen LogP contribution is 2.29. The van der Waals surface area contributed by atoms with Gasteiger partial charge in [-0.25, -0.2) is 5.43 Å². The van der Waals surface area contributed by atoms with E-state index in [2.05, 4.69) is 21.2 Å². The summed E-state index contributed by atoms with van der Waals surface area (Å²) in [5.74, 6) is -0.389. The Kier molecular flexibility index (Phi) is 6.02. The van der Waals surface area contributed by atoms with Gasteiger partial charge in [-0.15, -0.1) is 11.3 Å². The van der Waals surface area contributed by atoms with Gasteiger partial charge < -0.3 is 4.57 Å². The van der Waals surface area contributed by atoms with Gasteiger partial charge in [-0.1, -0.05) is 36.4 Å². The second kappa shape index (κ2) is 9.44. The molecule has 2 aromatic heterocycles. The quantitative estimate of drug-likeness (QED) is 0.184. The van der Waals surface area contributed by atoms with Gasteiger partial charge in [0.25, 0.3) is 11.6 Å². The molecular formula is C27H19N5O3S. The Bertz CT molecular complexity index is 1720. The van der Waals surface area contributed by atoms with Crippen molar-refractivity contribution in [3.8, 4) is 6.07 Å². The van der Waals surface area contributed by atoms with Gasteiger partial charge in [-0.3, -0.25) is 14.9 Å². The minimum absolute atomic E-state index is 0.0189. The smallest absolute Gasteiger partial charge is 0.281 e. The van der Waals surface area contributed by atoms with Crippen LogP contribution in [0.3, 0.4) is 0 Å². The van der Waals surface area contributed by atoms with Gasteiger partial charge in [0.1, 0.15) is 0 Å². The van der Waals surface area contributed by atoms with E-state index in [-0.39, 0.29) is 11.6 Å². The van der Waals surface area contributed by atoms with E-state index in [1.807, 2.05) is 49.4 Å². The van der Waals surface area contributed by atoms with E-state index in [9.17, 15) is 20.2 Å². The van der Waals surface area contributed by atoms with E-state index in [1.54, 1.807) is 24.4 Å². The summed E-state index contributed by atoms with van der Waals surface area (Å²) < 4.78 is 2.92. The van der Waals surface area contributed by atoms with Crippen molar-refractivity contribution in [2.45, 2.75) is 13.5 Å². The zero-order valence-electron chi connectivity index (χ0n) is 19.1. The van der Waals surface area contributed by atoms with Crippen molar-refractivity contribution in [3.05, 3.63) is 110 Å². The highest BCUT2D eigenvalue weighted by molar-refractivity contribution is 7.20. The largest absolute Gasteiger partial charge is 0.340 e. The number of hydrogen-bond donors (Lipinski definition) is 1. The summed E-state index contributed by atoms with van der Waals surface area (Å²) in [6.45, 7) is 2.52. The fourth-order valence-corrected chi connectivity index (χ4v) is 5.16. The Hall–Kier alpha value is -4.81.